The zero-order valence-corrected chi connectivity index (χ0v) is 18.1. The van der Waals surface area contributed by atoms with Gasteiger partial charge in [0.1, 0.15) is 23.8 Å². The van der Waals surface area contributed by atoms with E-state index in [2.05, 4.69) is 16.7 Å². The van der Waals surface area contributed by atoms with E-state index in [1.54, 1.807) is 26.0 Å². The highest BCUT2D eigenvalue weighted by atomic mass is 19.1. The van der Waals surface area contributed by atoms with Crippen LogP contribution in [0, 0.1) is 17.7 Å². The van der Waals surface area contributed by atoms with Crippen LogP contribution in [0.2, 0.25) is 0 Å². The van der Waals surface area contributed by atoms with E-state index in [1.807, 2.05) is 29.2 Å². The van der Waals surface area contributed by atoms with Crippen molar-refractivity contribution in [3.05, 3.63) is 65.5 Å². The van der Waals surface area contributed by atoms with E-state index in [0.717, 1.165) is 24.2 Å². The standard InChI is InChI=1S/C25H29FN2O3/c1-25(2,30)13-11-20-3-5-21(6-4-20)19-27-14-12-24(29)28(16-15-27)17-18-31-23-9-7-22(26)8-10-23/h3-10,30H,12,14-19H2,1-2H3. The second-order valence-electron chi connectivity index (χ2n) is 8.22. The Balaban J connectivity index is 1.47. The van der Waals surface area contributed by atoms with Gasteiger partial charge in [-0.2, -0.15) is 0 Å². The van der Waals surface area contributed by atoms with E-state index in [1.165, 1.54) is 12.1 Å². The summed E-state index contributed by atoms with van der Waals surface area (Å²) in [5.74, 6) is 6.21. The Labute approximate surface area is 183 Å². The van der Waals surface area contributed by atoms with Crippen LogP contribution in [0.25, 0.3) is 0 Å². The van der Waals surface area contributed by atoms with Gasteiger partial charge in [-0.05, 0) is 55.8 Å². The number of carbonyl (C=O) groups is 1. The van der Waals surface area contributed by atoms with Crippen LogP contribution in [0.5, 0.6) is 5.75 Å². The second-order valence-corrected chi connectivity index (χ2v) is 8.22. The summed E-state index contributed by atoms with van der Waals surface area (Å²) in [5.41, 5.74) is 1.02. The minimum absolute atomic E-state index is 0.127. The topological polar surface area (TPSA) is 53.0 Å². The number of rotatable bonds is 6. The van der Waals surface area contributed by atoms with Crippen molar-refractivity contribution in [2.45, 2.75) is 32.4 Å². The first-order valence-electron chi connectivity index (χ1n) is 10.5. The lowest BCUT2D eigenvalue weighted by molar-refractivity contribution is -0.130. The minimum Gasteiger partial charge on any atom is -0.492 e. The highest BCUT2D eigenvalue weighted by Crippen LogP contribution is 2.13. The van der Waals surface area contributed by atoms with Crippen molar-refractivity contribution in [3.8, 4) is 17.6 Å². The molecule has 1 aliphatic rings. The molecule has 6 heteroatoms. The summed E-state index contributed by atoms with van der Waals surface area (Å²) in [5, 5.41) is 9.71. The van der Waals surface area contributed by atoms with Gasteiger partial charge in [-0.1, -0.05) is 24.0 Å². The molecule has 164 valence electrons. The van der Waals surface area contributed by atoms with Crippen LogP contribution in [0.3, 0.4) is 0 Å². The lowest BCUT2D eigenvalue weighted by Crippen LogP contribution is -2.36. The molecular formula is C25H29FN2O3. The Hall–Kier alpha value is -2.88. The number of hydrogen-bond acceptors (Lipinski definition) is 4. The van der Waals surface area contributed by atoms with Crippen molar-refractivity contribution in [1.29, 1.82) is 0 Å². The SMILES string of the molecule is CC(C)(O)C#Cc1ccc(CN2CCC(=O)N(CCOc3ccc(F)cc3)CC2)cc1. The van der Waals surface area contributed by atoms with Crippen molar-refractivity contribution in [3.63, 3.8) is 0 Å². The molecule has 1 N–H and O–H groups in total. The Morgan fingerprint density at radius 1 is 1.06 bits per heavy atom. The fraction of sp³-hybridized carbons (Fsp3) is 0.400. The van der Waals surface area contributed by atoms with Crippen molar-refractivity contribution >= 4 is 5.91 Å². The molecule has 0 spiro atoms. The number of benzene rings is 2. The fourth-order valence-corrected chi connectivity index (χ4v) is 3.29. The molecule has 0 unspecified atom stereocenters. The van der Waals surface area contributed by atoms with Crippen molar-refractivity contribution < 1.29 is 19.0 Å². The van der Waals surface area contributed by atoms with Crippen LogP contribution in [0.4, 0.5) is 4.39 Å². The average Bonchev–Trinajstić information content (AvgIpc) is 2.90. The van der Waals surface area contributed by atoms with Gasteiger partial charge in [0, 0.05) is 38.2 Å². The lowest BCUT2D eigenvalue weighted by Gasteiger charge is -2.22. The van der Waals surface area contributed by atoms with Gasteiger partial charge in [0.25, 0.3) is 0 Å². The molecule has 1 saturated heterocycles. The molecule has 0 radical (unpaired) electrons. The molecule has 0 bridgehead atoms. The van der Waals surface area contributed by atoms with Gasteiger partial charge >= 0.3 is 0 Å². The Morgan fingerprint density at radius 2 is 1.77 bits per heavy atom. The number of nitrogens with zero attached hydrogens (tertiary/aromatic N) is 2. The zero-order valence-electron chi connectivity index (χ0n) is 18.1. The van der Waals surface area contributed by atoms with E-state index < -0.39 is 5.60 Å². The quantitative estimate of drug-likeness (QED) is 0.725. The van der Waals surface area contributed by atoms with Gasteiger partial charge in [-0.3, -0.25) is 9.69 Å². The van der Waals surface area contributed by atoms with Crippen molar-refractivity contribution in [1.82, 2.24) is 9.80 Å². The Morgan fingerprint density at radius 3 is 2.45 bits per heavy atom. The number of hydrogen-bond donors (Lipinski definition) is 1. The maximum Gasteiger partial charge on any atom is 0.224 e. The molecule has 0 saturated carbocycles. The molecule has 5 nitrogen and oxygen atoms in total. The number of carbonyl (C=O) groups excluding carboxylic acids is 1. The number of aliphatic hydroxyl groups is 1. The molecule has 1 amide bonds. The molecule has 2 aromatic rings. The van der Waals surface area contributed by atoms with Gasteiger partial charge in [-0.15, -0.1) is 0 Å². The molecule has 31 heavy (non-hydrogen) atoms. The summed E-state index contributed by atoms with van der Waals surface area (Å²) >= 11 is 0. The monoisotopic (exact) mass is 424 g/mol. The van der Waals surface area contributed by atoms with E-state index in [4.69, 9.17) is 4.74 Å². The minimum atomic E-state index is -1.01. The largest absolute Gasteiger partial charge is 0.492 e. The third-order valence-electron chi connectivity index (χ3n) is 5.00. The second kappa shape index (κ2) is 10.4. The molecule has 0 aromatic heterocycles. The Bertz CT molecular complexity index is 924. The number of amides is 1. The van der Waals surface area contributed by atoms with E-state index in [0.29, 0.717) is 38.4 Å². The van der Waals surface area contributed by atoms with Gasteiger partial charge < -0.3 is 14.7 Å². The predicted octanol–water partition coefficient (Wildman–Crippen LogP) is 3.06. The smallest absolute Gasteiger partial charge is 0.224 e. The van der Waals surface area contributed by atoms with Crippen molar-refractivity contribution in [2.75, 3.05) is 32.8 Å². The van der Waals surface area contributed by atoms with Gasteiger partial charge in [-0.25, -0.2) is 4.39 Å². The third kappa shape index (κ3) is 7.71. The molecule has 3 rings (SSSR count). The van der Waals surface area contributed by atoms with Gasteiger partial charge in [0.15, 0.2) is 0 Å². The van der Waals surface area contributed by atoms with Crippen LogP contribution in [0.1, 0.15) is 31.4 Å². The summed E-state index contributed by atoms with van der Waals surface area (Å²) < 4.78 is 18.6. The molecule has 1 aliphatic heterocycles. The molecule has 1 fully saturated rings. The predicted molar refractivity (Wildman–Crippen MR) is 118 cm³/mol. The molecule has 2 aromatic carbocycles. The van der Waals surface area contributed by atoms with Gasteiger partial charge in [0.05, 0.1) is 6.54 Å². The van der Waals surface area contributed by atoms with Crippen LogP contribution in [-0.4, -0.2) is 59.2 Å². The maximum absolute atomic E-state index is 13.0. The number of halogens is 1. The van der Waals surface area contributed by atoms with Crippen LogP contribution >= 0.6 is 0 Å². The number of ether oxygens (including phenoxy) is 1. The van der Waals surface area contributed by atoms with E-state index in [-0.39, 0.29) is 11.7 Å². The van der Waals surface area contributed by atoms with Crippen LogP contribution in [0.15, 0.2) is 48.5 Å². The normalized spacial score (nSPS) is 15.2. The summed E-state index contributed by atoms with van der Waals surface area (Å²) in [7, 11) is 0. The summed E-state index contributed by atoms with van der Waals surface area (Å²) in [6.07, 6.45) is 0.478. The highest BCUT2D eigenvalue weighted by Gasteiger charge is 2.20. The first-order valence-corrected chi connectivity index (χ1v) is 10.5. The summed E-state index contributed by atoms with van der Waals surface area (Å²) in [6.45, 7) is 7.15. The molecule has 0 aliphatic carbocycles. The van der Waals surface area contributed by atoms with E-state index >= 15 is 0 Å². The highest BCUT2D eigenvalue weighted by molar-refractivity contribution is 5.76. The van der Waals surface area contributed by atoms with Crippen LogP contribution in [-0.2, 0) is 11.3 Å². The van der Waals surface area contributed by atoms with Gasteiger partial charge in [0.2, 0.25) is 5.91 Å². The summed E-state index contributed by atoms with van der Waals surface area (Å²) in [4.78, 5) is 16.6. The van der Waals surface area contributed by atoms with Crippen molar-refractivity contribution in [2.24, 2.45) is 0 Å². The Kier molecular flexibility index (Phi) is 7.67. The third-order valence-corrected chi connectivity index (χ3v) is 5.00. The molecular weight excluding hydrogens is 395 g/mol. The molecule has 1 heterocycles. The average molecular weight is 425 g/mol. The lowest BCUT2D eigenvalue weighted by atomic mass is 10.1. The fourth-order valence-electron chi connectivity index (χ4n) is 3.29. The maximum atomic E-state index is 13.0. The van der Waals surface area contributed by atoms with Crippen LogP contribution < -0.4 is 4.74 Å². The first kappa shape index (κ1) is 22.8. The summed E-state index contributed by atoms with van der Waals surface area (Å²) in [6, 6.07) is 13.9. The molecule has 0 atom stereocenters. The van der Waals surface area contributed by atoms with E-state index in [9.17, 15) is 14.3 Å². The first-order chi connectivity index (χ1) is 14.8. The zero-order chi connectivity index (χ0) is 22.3.